The van der Waals surface area contributed by atoms with E-state index >= 15 is 0 Å². The molecule has 1 N–H and O–H groups in total. The Hall–Kier alpha value is -2.89. The third-order valence-electron chi connectivity index (χ3n) is 4.91. The van der Waals surface area contributed by atoms with Crippen LogP contribution in [0.2, 0.25) is 0 Å². The van der Waals surface area contributed by atoms with Gasteiger partial charge in [0, 0.05) is 24.9 Å². The molecule has 0 spiro atoms. The van der Waals surface area contributed by atoms with Crippen molar-refractivity contribution in [3.8, 4) is 5.75 Å². The summed E-state index contributed by atoms with van der Waals surface area (Å²) < 4.78 is 19.6. The number of rotatable bonds is 3. The molecule has 0 aliphatic carbocycles. The molecular formula is C20H19FN2O3. The molecule has 0 bridgehead atoms. The highest BCUT2D eigenvalue weighted by Gasteiger charge is 2.37. The van der Waals surface area contributed by atoms with Crippen LogP contribution in [-0.2, 0) is 9.59 Å². The highest BCUT2D eigenvalue weighted by molar-refractivity contribution is 6.00. The Morgan fingerprint density at radius 3 is 2.77 bits per heavy atom. The fourth-order valence-electron chi connectivity index (χ4n) is 3.57. The Labute approximate surface area is 150 Å². The molecule has 1 fully saturated rings. The van der Waals surface area contributed by atoms with Crippen LogP contribution in [0.1, 0.15) is 24.4 Å². The van der Waals surface area contributed by atoms with Crippen LogP contribution in [0.5, 0.6) is 5.75 Å². The van der Waals surface area contributed by atoms with Gasteiger partial charge in [-0.3, -0.25) is 9.59 Å². The fourth-order valence-corrected chi connectivity index (χ4v) is 3.57. The standard InChI is InChI=1S/C20H19FN2O3/c21-15-6-2-3-7-17(15)23-12-13(11-19(23)24)20(25)22-16-9-10-26-18-8-4-1-5-14(16)18/h1-8,13,16H,9-12H2,(H,22,25)/t13-,16-/m1/s1. The molecule has 0 aromatic heterocycles. The van der Waals surface area contributed by atoms with Gasteiger partial charge in [0.05, 0.1) is 24.3 Å². The molecule has 0 unspecified atom stereocenters. The largest absolute Gasteiger partial charge is 0.493 e. The zero-order chi connectivity index (χ0) is 18.1. The number of benzene rings is 2. The molecule has 0 radical (unpaired) electrons. The summed E-state index contributed by atoms with van der Waals surface area (Å²) in [5, 5.41) is 3.03. The number of nitrogens with one attached hydrogen (secondary N) is 1. The molecule has 2 aromatic rings. The maximum atomic E-state index is 14.0. The number of carbonyl (C=O) groups excluding carboxylic acids is 2. The van der Waals surface area contributed by atoms with Gasteiger partial charge in [-0.15, -0.1) is 0 Å². The van der Waals surface area contributed by atoms with Crippen LogP contribution in [0, 0.1) is 11.7 Å². The van der Waals surface area contributed by atoms with Gasteiger partial charge in [-0.1, -0.05) is 30.3 Å². The molecule has 1 saturated heterocycles. The van der Waals surface area contributed by atoms with Crippen LogP contribution >= 0.6 is 0 Å². The average molecular weight is 354 g/mol. The summed E-state index contributed by atoms with van der Waals surface area (Å²) in [6, 6.07) is 13.6. The van der Waals surface area contributed by atoms with Gasteiger partial charge in [0.2, 0.25) is 11.8 Å². The summed E-state index contributed by atoms with van der Waals surface area (Å²) in [6.07, 6.45) is 0.769. The van der Waals surface area contributed by atoms with Gasteiger partial charge in [-0.2, -0.15) is 0 Å². The van der Waals surface area contributed by atoms with Crippen LogP contribution < -0.4 is 15.0 Å². The first-order valence-electron chi connectivity index (χ1n) is 8.70. The minimum Gasteiger partial charge on any atom is -0.493 e. The summed E-state index contributed by atoms with van der Waals surface area (Å²) in [5.41, 5.74) is 1.17. The van der Waals surface area contributed by atoms with Crippen molar-refractivity contribution in [2.24, 2.45) is 5.92 Å². The molecule has 26 heavy (non-hydrogen) atoms. The lowest BCUT2D eigenvalue weighted by Crippen LogP contribution is -2.37. The van der Waals surface area contributed by atoms with E-state index in [0.717, 1.165) is 11.3 Å². The minimum atomic E-state index is -0.489. The van der Waals surface area contributed by atoms with Gasteiger partial charge in [-0.05, 0) is 18.2 Å². The molecule has 2 aliphatic rings. The van der Waals surface area contributed by atoms with Gasteiger partial charge in [0.25, 0.3) is 0 Å². The molecule has 0 saturated carbocycles. The van der Waals surface area contributed by atoms with E-state index in [1.807, 2.05) is 24.3 Å². The zero-order valence-corrected chi connectivity index (χ0v) is 14.2. The Morgan fingerprint density at radius 2 is 1.92 bits per heavy atom. The maximum absolute atomic E-state index is 14.0. The Balaban J connectivity index is 1.47. The third kappa shape index (κ3) is 3.03. The molecular weight excluding hydrogens is 335 g/mol. The third-order valence-corrected chi connectivity index (χ3v) is 4.91. The summed E-state index contributed by atoms with van der Waals surface area (Å²) in [4.78, 5) is 26.4. The van der Waals surface area contributed by atoms with Crippen LogP contribution in [0.4, 0.5) is 10.1 Å². The summed E-state index contributed by atoms with van der Waals surface area (Å²) in [5.74, 6) is -0.585. The number of hydrogen-bond donors (Lipinski definition) is 1. The number of hydrogen-bond acceptors (Lipinski definition) is 3. The molecule has 6 heteroatoms. The van der Waals surface area contributed by atoms with E-state index < -0.39 is 11.7 Å². The van der Waals surface area contributed by atoms with Crippen molar-refractivity contribution in [2.75, 3.05) is 18.1 Å². The summed E-state index contributed by atoms with van der Waals surface area (Å²) >= 11 is 0. The van der Waals surface area contributed by atoms with E-state index in [4.69, 9.17) is 4.74 Å². The molecule has 2 heterocycles. The number of halogens is 1. The quantitative estimate of drug-likeness (QED) is 0.922. The van der Waals surface area contributed by atoms with Crippen LogP contribution in [0.3, 0.4) is 0 Å². The SMILES string of the molecule is O=C(N[C@@H]1CCOc2ccccc21)[C@@H]1CC(=O)N(c2ccccc2F)C1. The van der Waals surface area contributed by atoms with E-state index in [0.29, 0.717) is 13.0 Å². The molecule has 2 atom stereocenters. The highest BCUT2D eigenvalue weighted by Crippen LogP contribution is 2.33. The molecule has 4 rings (SSSR count). The van der Waals surface area contributed by atoms with E-state index in [9.17, 15) is 14.0 Å². The van der Waals surface area contributed by atoms with E-state index in [1.54, 1.807) is 18.2 Å². The monoisotopic (exact) mass is 354 g/mol. The van der Waals surface area contributed by atoms with Crippen LogP contribution in [0.15, 0.2) is 48.5 Å². The van der Waals surface area contributed by atoms with Crippen molar-refractivity contribution in [3.63, 3.8) is 0 Å². The lowest BCUT2D eigenvalue weighted by Gasteiger charge is -2.27. The predicted octanol–water partition coefficient (Wildman–Crippen LogP) is 2.82. The summed E-state index contributed by atoms with van der Waals surface area (Å²) in [7, 11) is 0. The fraction of sp³-hybridized carbons (Fsp3) is 0.300. The summed E-state index contributed by atoms with van der Waals surface area (Å²) in [6.45, 7) is 0.726. The average Bonchev–Trinajstić information content (AvgIpc) is 3.04. The van der Waals surface area contributed by atoms with E-state index in [-0.39, 0.29) is 36.5 Å². The molecule has 134 valence electrons. The second-order valence-corrected chi connectivity index (χ2v) is 6.59. The minimum absolute atomic E-state index is 0.0883. The normalized spacial score (nSPS) is 21.9. The highest BCUT2D eigenvalue weighted by atomic mass is 19.1. The Bertz CT molecular complexity index is 854. The lowest BCUT2D eigenvalue weighted by molar-refractivity contribution is -0.127. The predicted molar refractivity (Wildman–Crippen MR) is 94.3 cm³/mol. The van der Waals surface area contributed by atoms with Crippen molar-refractivity contribution >= 4 is 17.5 Å². The van der Waals surface area contributed by atoms with E-state index in [2.05, 4.69) is 5.32 Å². The van der Waals surface area contributed by atoms with Gasteiger partial charge < -0.3 is 15.0 Å². The maximum Gasteiger partial charge on any atom is 0.227 e. The first-order valence-corrected chi connectivity index (χ1v) is 8.70. The molecule has 5 nitrogen and oxygen atoms in total. The lowest BCUT2D eigenvalue weighted by atomic mass is 9.99. The Kier molecular flexibility index (Phi) is 4.32. The number of carbonyl (C=O) groups is 2. The number of amides is 2. The number of ether oxygens (including phenoxy) is 1. The number of anilines is 1. The number of para-hydroxylation sites is 2. The van der Waals surface area contributed by atoms with Gasteiger partial charge in [-0.25, -0.2) is 4.39 Å². The van der Waals surface area contributed by atoms with Gasteiger partial charge in [0.1, 0.15) is 11.6 Å². The topological polar surface area (TPSA) is 58.6 Å². The number of fused-ring (bicyclic) bond motifs is 1. The Morgan fingerprint density at radius 1 is 1.15 bits per heavy atom. The van der Waals surface area contributed by atoms with Crippen molar-refractivity contribution in [3.05, 3.63) is 59.9 Å². The number of nitrogens with zero attached hydrogens (tertiary/aromatic N) is 1. The van der Waals surface area contributed by atoms with Crippen molar-refractivity contribution in [1.82, 2.24) is 5.32 Å². The zero-order valence-electron chi connectivity index (χ0n) is 14.2. The van der Waals surface area contributed by atoms with E-state index in [1.165, 1.54) is 11.0 Å². The van der Waals surface area contributed by atoms with Gasteiger partial charge in [0.15, 0.2) is 0 Å². The van der Waals surface area contributed by atoms with Crippen LogP contribution in [0.25, 0.3) is 0 Å². The molecule has 2 aliphatic heterocycles. The first-order chi connectivity index (χ1) is 12.6. The van der Waals surface area contributed by atoms with Crippen LogP contribution in [-0.4, -0.2) is 25.0 Å². The van der Waals surface area contributed by atoms with Crippen molar-refractivity contribution in [1.29, 1.82) is 0 Å². The second kappa shape index (κ2) is 6.78. The molecule has 2 aromatic carbocycles. The second-order valence-electron chi connectivity index (χ2n) is 6.59. The van der Waals surface area contributed by atoms with Gasteiger partial charge >= 0.3 is 0 Å². The van der Waals surface area contributed by atoms with Crippen molar-refractivity contribution < 1.29 is 18.7 Å². The molecule has 2 amide bonds. The van der Waals surface area contributed by atoms with Crippen molar-refractivity contribution in [2.45, 2.75) is 18.9 Å². The smallest absolute Gasteiger partial charge is 0.227 e. The first kappa shape index (κ1) is 16.6.